The summed E-state index contributed by atoms with van der Waals surface area (Å²) in [5.74, 6) is -0.926. The van der Waals surface area contributed by atoms with Crippen LogP contribution in [0.4, 0.5) is 22.0 Å². The van der Waals surface area contributed by atoms with Crippen LogP contribution >= 0.6 is 0 Å². The Balaban J connectivity index is 2.77. The van der Waals surface area contributed by atoms with Crippen LogP contribution in [0.1, 0.15) is 17.5 Å². The molecule has 0 aromatic heterocycles. The van der Waals surface area contributed by atoms with Crippen molar-refractivity contribution in [3.8, 4) is 0 Å². The molecule has 1 nitrogen and oxygen atoms in total. The molecule has 1 aromatic rings. The van der Waals surface area contributed by atoms with Crippen LogP contribution in [0.15, 0.2) is 18.2 Å². The van der Waals surface area contributed by atoms with Crippen LogP contribution in [0.25, 0.3) is 0 Å². The summed E-state index contributed by atoms with van der Waals surface area (Å²) in [5.41, 5.74) is -1.04. The molecule has 0 aliphatic heterocycles. The van der Waals surface area contributed by atoms with Crippen molar-refractivity contribution in [3.63, 3.8) is 0 Å². The molecule has 0 saturated heterocycles. The largest absolute Gasteiger partial charge is 0.416 e. The van der Waals surface area contributed by atoms with Gasteiger partial charge in [0.25, 0.3) is 0 Å². The van der Waals surface area contributed by atoms with Crippen molar-refractivity contribution in [2.24, 2.45) is 0 Å². The first-order valence-corrected chi connectivity index (χ1v) is 5.07. The summed E-state index contributed by atoms with van der Waals surface area (Å²) in [6.07, 6.45) is -4.35. The minimum Gasteiger partial charge on any atom is -0.313 e. The van der Waals surface area contributed by atoms with E-state index in [0.29, 0.717) is 6.07 Å². The SMILES string of the molecule is FCCCNCc1ccc(F)cc1C(F)(F)F. The Morgan fingerprint density at radius 1 is 1.18 bits per heavy atom. The highest BCUT2D eigenvalue weighted by atomic mass is 19.4. The number of benzene rings is 1. The summed E-state index contributed by atoms with van der Waals surface area (Å²) >= 11 is 0. The molecule has 1 rings (SSSR count). The van der Waals surface area contributed by atoms with Crippen molar-refractivity contribution in [1.29, 1.82) is 0 Å². The maximum absolute atomic E-state index is 12.8. The summed E-state index contributed by atoms with van der Waals surface area (Å²) in [4.78, 5) is 0. The van der Waals surface area contributed by atoms with E-state index in [0.717, 1.165) is 12.1 Å². The molecule has 0 aliphatic carbocycles. The van der Waals surface area contributed by atoms with E-state index in [9.17, 15) is 22.0 Å². The van der Waals surface area contributed by atoms with Crippen molar-refractivity contribution in [1.82, 2.24) is 5.32 Å². The summed E-state index contributed by atoms with van der Waals surface area (Å²) in [6, 6.07) is 2.52. The van der Waals surface area contributed by atoms with E-state index in [2.05, 4.69) is 5.32 Å². The molecule has 0 fully saturated rings. The zero-order chi connectivity index (χ0) is 12.9. The van der Waals surface area contributed by atoms with Crippen LogP contribution in [-0.2, 0) is 12.7 Å². The van der Waals surface area contributed by atoms with E-state index >= 15 is 0 Å². The van der Waals surface area contributed by atoms with Crippen molar-refractivity contribution >= 4 is 0 Å². The Hall–Kier alpha value is -1.17. The fraction of sp³-hybridized carbons (Fsp3) is 0.455. The number of hydrogen-bond acceptors (Lipinski definition) is 1. The first-order valence-electron chi connectivity index (χ1n) is 5.07. The van der Waals surface area contributed by atoms with E-state index in [4.69, 9.17) is 0 Å². The summed E-state index contributed by atoms with van der Waals surface area (Å²) < 4.78 is 62.2. The minimum atomic E-state index is -4.58. The Labute approximate surface area is 95.6 Å². The Kier molecular flexibility index (Phi) is 4.86. The van der Waals surface area contributed by atoms with Crippen LogP contribution in [-0.4, -0.2) is 13.2 Å². The standard InChI is InChI=1S/C11H12F5N/c12-4-1-5-17-7-8-2-3-9(13)6-10(8)11(14,15)16/h2-3,6,17H,1,4-5,7H2. The molecule has 17 heavy (non-hydrogen) atoms. The van der Waals surface area contributed by atoms with Gasteiger partial charge in [-0.05, 0) is 30.7 Å². The average molecular weight is 253 g/mol. The van der Waals surface area contributed by atoms with E-state index in [-0.39, 0.29) is 25.1 Å². The van der Waals surface area contributed by atoms with Crippen molar-refractivity contribution in [2.45, 2.75) is 19.1 Å². The van der Waals surface area contributed by atoms with Gasteiger partial charge in [0.2, 0.25) is 0 Å². The van der Waals surface area contributed by atoms with Gasteiger partial charge in [-0.2, -0.15) is 13.2 Å². The highest BCUT2D eigenvalue weighted by molar-refractivity contribution is 5.30. The molecule has 0 aliphatic rings. The Morgan fingerprint density at radius 2 is 1.88 bits per heavy atom. The third-order valence-corrected chi connectivity index (χ3v) is 2.18. The lowest BCUT2D eigenvalue weighted by Gasteiger charge is -2.13. The van der Waals surface area contributed by atoms with Gasteiger partial charge in [-0.3, -0.25) is 4.39 Å². The molecule has 0 amide bonds. The van der Waals surface area contributed by atoms with Crippen LogP contribution in [0.3, 0.4) is 0 Å². The number of alkyl halides is 4. The Bertz CT molecular complexity index is 361. The summed E-state index contributed by atoms with van der Waals surface area (Å²) in [5, 5.41) is 2.67. The fourth-order valence-corrected chi connectivity index (χ4v) is 1.38. The second-order valence-corrected chi connectivity index (χ2v) is 3.52. The van der Waals surface area contributed by atoms with Crippen LogP contribution in [0, 0.1) is 5.82 Å². The maximum atomic E-state index is 12.8. The second-order valence-electron chi connectivity index (χ2n) is 3.52. The van der Waals surface area contributed by atoms with Crippen LogP contribution in [0.2, 0.25) is 0 Å². The van der Waals surface area contributed by atoms with Crippen molar-refractivity contribution in [2.75, 3.05) is 13.2 Å². The van der Waals surface area contributed by atoms with Gasteiger partial charge in [0.05, 0.1) is 12.2 Å². The predicted molar refractivity (Wildman–Crippen MR) is 53.7 cm³/mol. The second kappa shape index (κ2) is 5.95. The third-order valence-electron chi connectivity index (χ3n) is 2.18. The lowest BCUT2D eigenvalue weighted by Crippen LogP contribution is -2.19. The van der Waals surface area contributed by atoms with Gasteiger partial charge in [-0.1, -0.05) is 6.07 Å². The zero-order valence-corrected chi connectivity index (χ0v) is 8.95. The van der Waals surface area contributed by atoms with Gasteiger partial charge in [-0.15, -0.1) is 0 Å². The number of hydrogen-bond donors (Lipinski definition) is 1. The molecular formula is C11H12F5N. The lowest BCUT2D eigenvalue weighted by molar-refractivity contribution is -0.138. The molecule has 1 N–H and O–H groups in total. The quantitative estimate of drug-likeness (QED) is 0.627. The van der Waals surface area contributed by atoms with Crippen molar-refractivity contribution < 1.29 is 22.0 Å². The van der Waals surface area contributed by atoms with Gasteiger partial charge in [-0.25, -0.2) is 4.39 Å². The predicted octanol–water partition coefficient (Wildman–Crippen LogP) is 3.29. The first kappa shape index (κ1) is 13.9. The number of rotatable bonds is 5. The monoisotopic (exact) mass is 253 g/mol. The topological polar surface area (TPSA) is 12.0 Å². The van der Waals surface area contributed by atoms with Gasteiger partial charge < -0.3 is 5.32 Å². The number of nitrogens with one attached hydrogen (secondary N) is 1. The third kappa shape index (κ3) is 4.30. The normalized spacial score (nSPS) is 11.8. The molecule has 0 saturated carbocycles. The molecule has 96 valence electrons. The van der Waals surface area contributed by atoms with Gasteiger partial charge in [0.1, 0.15) is 5.82 Å². The molecule has 0 heterocycles. The smallest absolute Gasteiger partial charge is 0.313 e. The molecule has 0 bridgehead atoms. The minimum absolute atomic E-state index is 0.0437. The lowest BCUT2D eigenvalue weighted by atomic mass is 10.1. The summed E-state index contributed by atoms with van der Waals surface area (Å²) in [7, 11) is 0. The highest BCUT2D eigenvalue weighted by Crippen LogP contribution is 2.32. The molecule has 0 radical (unpaired) electrons. The fourth-order valence-electron chi connectivity index (χ4n) is 1.38. The highest BCUT2D eigenvalue weighted by Gasteiger charge is 2.33. The van der Waals surface area contributed by atoms with Crippen LogP contribution < -0.4 is 5.32 Å². The molecular weight excluding hydrogens is 241 g/mol. The zero-order valence-electron chi connectivity index (χ0n) is 8.95. The average Bonchev–Trinajstić information content (AvgIpc) is 2.25. The first-order chi connectivity index (χ1) is 7.95. The van der Waals surface area contributed by atoms with Gasteiger partial charge in [0, 0.05) is 6.54 Å². The molecule has 1 aromatic carbocycles. The molecule has 0 spiro atoms. The summed E-state index contributed by atoms with van der Waals surface area (Å²) in [6.45, 7) is -0.303. The van der Waals surface area contributed by atoms with Gasteiger partial charge in [0.15, 0.2) is 0 Å². The van der Waals surface area contributed by atoms with E-state index in [1.54, 1.807) is 0 Å². The molecule has 0 atom stereocenters. The Morgan fingerprint density at radius 3 is 2.47 bits per heavy atom. The maximum Gasteiger partial charge on any atom is 0.416 e. The van der Waals surface area contributed by atoms with Gasteiger partial charge >= 0.3 is 6.18 Å². The molecule has 0 unspecified atom stereocenters. The van der Waals surface area contributed by atoms with Crippen molar-refractivity contribution in [3.05, 3.63) is 35.1 Å². The molecule has 6 heteroatoms. The van der Waals surface area contributed by atoms with E-state index < -0.39 is 24.2 Å². The van der Waals surface area contributed by atoms with E-state index in [1.807, 2.05) is 0 Å². The number of halogens is 5. The van der Waals surface area contributed by atoms with Crippen LogP contribution in [0.5, 0.6) is 0 Å². The van der Waals surface area contributed by atoms with E-state index in [1.165, 1.54) is 0 Å².